The summed E-state index contributed by atoms with van der Waals surface area (Å²) in [5.74, 6) is 0.000185. The van der Waals surface area contributed by atoms with Crippen LogP contribution in [-0.2, 0) is 0 Å². The quantitative estimate of drug-likeness (QED) is 0.736. The smallest absolute Gasteiger partial charge is 0.281 e. The molecule has 0 aliphatic rings. The van der Waals surface area contributed by atoms with Gasteiger partial charge in [0.1, 0.15) is 0 Å². The Morgan fingerprint density at radius 2 is 2.06 bits per heavy atom. The second-order valence-corrected chi connectivity index (χ2v) is 2.98. The van der Waals surface area contributed by atoms with Crippen molar-refractivity contribution in [3.63, 3.8) is 0 Å². The zero-order valence-corrected chi connectivity index (χ0v) is 9.19. The zero-order valence-electron chi connectivity index (χ0n) is 9.19. The van der Waals surface area contributed by atoms with E-state index in [0.717, 1.165) is 0 Å². The van der Waals surface area contributed by atoms with E-state index in [2.05, 4.69) is 16.8 Å². The highest BCUT2D eigenvalue weighted by Gasteiger charge is 2.19. The molecule has 1 rings (SSSR count). The van der Waals surface area contributed by atoms with Crippen molar-refractivity contribution in [1.29, 1.82) is 0 Å². The number of aromatic nitrogens is 3. The number of halogens is 2. The second-order valence-electron chi connectivity index (χ2n) is 2.98. The van der Waals surface area contributed by atoms with E-state index in [9.17, 15) is 8.78 Å². The topological polar surface area (TPSA) is 30.7 Å². The van der Waals surface area contributed by atoms with Gasteiger partial charge in [-0.25, -0.2) is 8.78 Å². The van der Waals surface area contributed by atoms with Gasteiger partial charge in [0, 0.05) is 11.8 Å². The van der Waals surface area contributed by atoms with Crippen molar-refractivity contribution in [3.05, 3.63) is 36.5 Å². The van der Waals surface area contributed by atoms with Crippen LogP contribution in [0.4, 0.5) is 8.78 Å². The highest BCUT2D eigenvalue weighted by molar-refractivity contribution is 5.70. The molecule has 0 fully saturated rings. The van der Waals surface area contributed by atoms with Crippen LogP contribution in [0.1, 0.15) is 31.9 Å². The molecule has 16 heavy (non-hydrogen) atoms. The lowest BCUT2D eigenvalue weighted by Gasteiger charge is -2.04. The molecule has 0 aliphatic carbocycles. The van der Waals surface area contributed by atoms with Gasteiger partial charge in [0.2, 0.25) is 5.82 Å². The van der Waals surface area contributed by atoms with E-state index in [1.165, 1.54) is 10.8 Å². The van der Waals surface area contributed by atoms with Gasteiger partial charge in [-0.15, -0.1) is 10.2 Å². The molecule has 0 unspecified atom stereocenters. The van der Waals surface area contributed by atoms with Gasteiger partial charge in [0.25, 0.3) is 6.43 Å². The number of alkyl halides is 2. The molecule has 0 saturated heterocycles. The fraction of sp³-hybridized carbons (Fsp3) is 0.273. The molecule has 0 spiro atoms. The number of nitrogens with zero attached hydrogens (tertiary/aromatic N) is 3. The van der Waals surface area contributed by atoms with Crippen LogP contribution in [-0.4, -0.2) is 14.8 Å². The molecule has 5 heteroatoms. The van der Waals surface area contributed by atoms with Crippen LogP contribution < -0.4 is 0 Å². The van der Waals surface area contributed by atoms with Gasteiger partial charge in [0.15, 0.2) is 5.82 Å². The van der Waals surface area contributed by atoms with Crippen LogP contribution in [0.15, 0.2) is 24.8 Å². The molecular formula is C11H13F2N3. The van der Waals surface area contributed by atoms with Crippen LogP contribution in [0.5, 0.6) is 0 Å². The summed E-state index contributed by atoms with van der Waals surface area (Å²) in [5, 5.41) is 7.21. The van der Waals surface area contributed by atoms with E-state index in [1.54, 1.807) is 32.1 Å². The van der Waals surface area contributed by atoms with Crippen LogP contribution in [0.25, 0.3) is 11.8 Å². The monoisotopic (exact) mass is 225 g/mol. The van der Waals surface area contributed by atoms with Crippen molar-refractivity contribution in [2.75, 3.05) is 0 Å². The maximum absolute atomic E-state index is 12.6. The summed E-state index contributed by atoms with van der Waals surface area (Å²) in [6, 6.07) is 0. The van der Waals surface area contributed by atoms with E-state index < -0.39 is 6.43 Å². The average Bonchev–Trinajstić information content (AvgIpc) is 2.65. The number of hydrogen-bond donors (Lipinski definition) is 0. The van der Waals surface area contributed by atoms with E-state index in [1.807, 2.05) is 0 Å². The number of allylic oxidation sites excluding steroid dienone is 4. The summed E-state index contributed by atoms with van der Waals surface area (Å²) in [7, 11) is 0. The minimum Gasteiger partial charge on any atom is -0.281 e. The Morgan fingerprint density at radius 1 is 1.38 bits per heavy atom. The van der Waals surface area contributed by atoms with Gasteiger partial charge in [-0.1, -0.05) is 24.8 Å². The third kappa shape index (κ3) is 2.24. The minimum absolute atomic E-state index is 0.366. The largest absolute Gasteiger partial charge is 0.297 e. The van der Waals surface area contributed by atoms with E-state index in [4.69, 9.17) is 0 Å². The predicted octanol–water partition coefficient (Wildman–Crippen LogP) is 3.30. The Labute approximate surface area is 92.8 Å². The van der Waals surface area contributed by atoms with Crippen LogP contribution in [0.3, 0.4) is 0 Å². The average molecular weight is 225 g/mol. The number of rotatable bonds is 4. The van der Waals surface area contributed by atoms with Crippen molar-refractivity contribution in [2.24, 2.45) is 0 Å². The molecular weight excluding hydrogens is 212 g/mol. The van der Waals surface area contributed by atoms with Crippen LogP contribution in [0, 0.1) is 0 Å². The molecule has 0 aliphatic heterocycles. The van der Waals surface area contributed by atoms with Crippen molar-refractivity contribution < 1.29 is 8.78 Å². The molecule has 3 nitrogen and oxygen atoms in total. The summed E-state index contributed by atoms with van der Waals surface area (Å²) in [6.07, 6.45) is 3.80. The Bertz CT molecular complexity index is 430. The van der Waals surface area contributed by atoms with Crippen LogP contribution in [0.2, 0.25) is 0 Å². The van der Waals surface area contributed by atoms with E-state index in [0.29, 0.717) is 11.4 Å². The third-order valence-electron chi connectivity index (χ3n) is 2.00. The zero-order chi connectivity index (χ0) is 12.1. The predicted molar refractivity (Wildman–Crippen MR) is 59.8 cm³/mol. The molecule has 0 amide bonds. The molecule has 0 N–H and O–H groups in total. The summed E-state index contributed by atoms with van der Waals surface area (Å²) < 4.78 is 26.5. The lowest BCUT2D eigenvalue weighted by atomic mass is 10.2. The first-order valence-electron chi connectivity index (χ1n) is 4.80. The molecule has 1 heterocycles. The number of hydrogen-bond acceptors (Lipinski definition) is 2. The molecule has 0 bridgehead atoms. The maximum Gasteiger partial charge on any atom is 0.297 e. The van der Waals surface area contributed by atoms with Gasteiger partial charge < -0.3 is 0 Å². The fourth-order valence-corrected chi connectivity index (χ4v) is 1.28. The second kappa shape index (κ2) is 5.34. The maximum atomic E-state index is 12.6. The third-order valence-corrected chi connectivity index (χ3v) is 2.00. The van der Waals surface area contributed by atoms with Crippen molar-refractivity contribution in [2.45, 2.75) is 20.3 Å². The van der Waals surface area contributed by atoms with Crippen molar-refractivity contribution in [1.82, 2.24) is 14.8 Å². The molecule has 86 valence electrons. The lowest BCUT2D eigenvalue weighted by molar-refractivity contribution is 0.138. The molecule has 0 aromatic carbocycles. The standard InChI is InChI=1S/C11H13F2N3/c1-4-7-16-10(8(5-2)6-3)14-15-11(16)9(12)13/h4-7,9H,2H2,1,3H3/b7-4+,8-6-. The van der Waals surface area contributed by atoms with Gasteiger partial charge in [0.05, 0.1) is 0 Å². The Hall–Kier alpha value is -1.78. The molecule has 1 aromatic rings. The summed E-state index contributed by atoms with van der Waals surface area (Å²) in [5.41, 5.74) is 0.664. The normalized spacial score (nSPS) is 12.7. The Balaban J connectivity index is 3.35. The van der Waals surface area contributed by atoms with Gasteiger partial charge in [-0.05, 0) is 13.8 Å². The molecule has 0 atom stereocenters. The van der Waals surface area contributed by atoms with Gasteiger partial charge in [-0.3, -0.25) is 4.57 Å². The van der Waals surface area contributed by atoms with Crippen molar-refractivity contribution in [3.8, 4) is 0 Å². The first-order chi connectivity index (χ1) is 7.65. The molecule has 0 saturated carbocycles. The fourth-order valence-electron chi connectivity index (χ4n) is 1.28. The summed E-state index contributed by atoms with van der Waals surface area (Å²) in [4.78, 5) is 0. The van der Waals surface area contributed by atoms with Crippen LogP contribution >= 0.6 is 0 Å². The highest BCUT2D eigenvalue weighted by atomic mass is 19.3. The molecule has 1 aromatic heterocycles. The van der Waals surface area contributed by atoms with E-state index >= 15 is 0 Å². The van der Waals surface area contributed by atoms with E-state index in [-0.39, 0.29) is 5.82 Å². The van der Waals surface area contributed by atoms with Gasteiger partial charge >= 0.3 is 0 Å². The first kappa shape index (κ1) is 12.3. The molecule has 0 radical (unpaired) electrons. The summed E-state index contributed by atoms with van der Waals surface area (Å²) in [6.45, 7) is 7.13. The Morgan fingerprint density at radius 3 is 2.50 bits per heavy atom. The summed E-state index contributed by atoms with van der Waals surface area (Å²) >= 11 is 0. The van der Waals surface area contributed by atoms with Crippen molar-refractivity contribution >= 4 is 11.8 Å². The first-order valence-corrected chi connectivity index (χ1v) is 4.80. The SMILES string of the molecule is C=C/C(=C/C)c1nnc(C(F)F)n1/C=C/C. The van der Waals surface area contributed by atoms with Gasteiger partial charge in [-0.2, -0.15) is 0 Å². The lowest BCUT2D eigenvalue weighted by Crippen LogP contribution is -2.00. The highest BCUT2D eigenvalue weighted by Crippen LogP contribution is 2.22. The minimum atomic E-state index is -2.65. The Kier molecular flexibility index (Phi) is 4.10.